The molecule has 3 rings (SSSR count). The van der Waals surface area contributed by atoms with Crippen molar-refractivity contribution in [3.63, 3.8) is 0 Å². The van der Waals surface area contributed by atoms with Crippen LogP contribution in [-0.4, -0.2) is 15.5 Å². The third kappa shape index (κ3) is 3.69. The second kappa shape index (κ2) is 7.56. The fourth-order valence-corrected chi connectivity index (χ4v) is 3.27. The summed E-state index contributed by atoms with van der Waals surface area (Å²) in [4.78, 5) is 17.0. The summed E-state index contributed by atoms with van der Waals surface area (Å²) in [5.41, 5.74) is 7.50. The first-order valence-electron chi connectivity index (χ1n) is 8.86. The summed E-state index contributed by atoms with van der Waals surface area (Å²) in [5.74, 6) is -0.0461. The number of carbonyl (C=O) groups is 1. The van der Waals surface area contributed by atoms with Crippen LogP contribution in [0.5, 0.6) is 0 Å². The number of hydrogen-bond donors (Lipinski definition) is 1. The highest BCUT2D eigenvalue weighted by Gasteiger charge is 2.20. The fourth-order valence-electron chi connectivity index (χ4n) is 3.27. The van der Waals surface area contributed by atoms with E-state index in [1.54, 1.807) is 12.4 Å². The summed E-state index contributed by atoms with van der Waals surface area (Å²) in [5, 5.41) is 3.03. The third-order valence-corrected chi connectivity index (χ3v) is 4.95. The number of pyridine rings is 1. The van der Waals surface area contributed by atoms with Gasteiger partial charge in [0.1, 0.15) is 5.69 Å². The van der Waals surface area contributed by atoms with Crippen molar-refractivity contribution in [1.82, 2.24) is 14.9 Å². The number of carbonyl (C=O) groups excluding carboxylic acids is 1. The Bertz CT molecular complexity index is 926. The summed E-state index contributed by atoms with van der Waals surface area (Å²) in [7, 11) is 0. The highest BCUT2D eigenvalue weighted by molar-refractivity contribution is 5.95. The lowest BCUT2D eigenvalue weighted by Gasteiger charge is -2.13. The lowest BCUT2D eigenvalue weighted by atomic mass is 10.1. The Kier molecular flexibility index (Phi) is 5.21. The summed E-state index contributed by atoms with van der Waals surface area (Å²) in [6, 6.07) is 12.3. The predicted molar refractivity (Wildman–Crippen MR) is 104 cm³/mol. The Balaban J connectivity index is 1.88. The molecule has 4 nitrogen and oxygen atoms in total. The molecule has 0 fully saturated rings. The van der Waals surface area contributed by atoms with Crippen LogP contribution in [0, 0.1) is 27.7 Å². The van der Waals surface area contributed by atoms with E-state index in [1.807, 2.05) is 19.1 Å². The number of hydrogen-bond acceptors (Lipinski definition) is 2. The number of rotatable bonds is 5. The highest BCUT2D eigenvalue weighted by atomic mass is 16.1. The molecular weight excluding hydrogens is 322 g/mol. The van der Waals surface area contributed by atoms with Gasteiger partial charge in [0, 0.05) is 31.2 Å². The lowest BCUT2D eigenvalue weighted by molar-refractivity contribution is 0.0941. The van der Waals surface area contributed by atoms with Crippen molar-refractivity contribution in [2.24, 2.45) is 0 Å². The second-order valence-electron chi connectivity index (χ2n) is 6.80. The summed E-state index contributed by atoms with van der Waals surface area (Å²) >= 11 is 0. The molecule has 0 atom stereocenters. The smallest absolute Gasteiger partial charge is 0.268 e. The van der Waals surface area contributed by atoms with E-state index < -0.39 is 0 Å². The molecule has 2 aromatic heterocycles. The molecule has 0 saturated carbocycles. The quantitative estimate of drug-likeness (QED) is 0.755. The molecule has 0 bridgehead atoms. The van der Waals surface area contributed by atoms with Crippen LogP contribution in [0.25, 0.3) is 0 Å². The number of nitrogens with zero attached hydrogens (tertiary/aromatic N) is 2. The van der Waals surface area contributed by atoms with Crippen LogP contribution in [0.4, 0.5) is 0 Å². The predicted octanol–water partition coefficient (Wildman–Crippen LogP) is 4.10. The Labute approximate surface area is 154 Å². The maximum atomic E-state index is 12.9. The van der Waals surface area contributed by atoms with Gasteiger partial charge in [-0.15, -0.1) is 0 Å². The molecule has 0 saturated heterocycles. The summed E-state index contributed by atoms with van der Waals surface area (Å²) in [6.45, 7) is 9.43. The monoisotopic (exact) mass is 347 g/mol. The molecule has 0 aliphatic heterocycles. The zero-order valence-corrected chi connectivity index (χ0v) is 15.8. The van der Waals surface area contributed by atoms with Gasteiger partial charge in [-0.1, -0.05) is 35.9 Å². The lowest BCUT2D eigenvalue weighted by Crippen LogP contribution is -2.26. The fraction of sp³-hybridized carbons (Fsp3) is 0.273. The van der Waals surface area contributed by atoms with Crippen LogP contribution in [-0.2, 0) is 13.1 Å². The zero-order valence-electron chi connectivity index (χ0n) is 15.8. The van der Waals surface area contributed by atoms with Gasteiger partial charge in [-0.05, 0) is 56.0 Å². The number of amides is 1. The van der Waals surface area contributed by atoms with E-state index in [4.69, 9.17) is 0 Å². The van der Waals surface area contributed by atoms with E-state index in [0.29, 0.717) is 13.1 Å². The van der Waals surface area contributed by atoms with Gasteiger partial charge in [-0.3, -0.25) is 9.78 Å². The molecule has 0 spiro atoms. The van der Waals surface area contributed by atoms with Crippen molar-refractivity contribution < 1.29 is 4.79 Å². The number of aromatic nitrogens is 2. The maximum absolute atomic E-state index is 12.9. The molecule has 1 amide bonds. The Morgan fingerprint density at radius 1 is 1.04 bits per heavy atom. The first kappa shape index (κ1) is 17.9. The molecule has 0 radical (unpaired) electrons. The van der Waals surface area contributed by atoms with Gasteiger partial charge in [-0.25, -0.2) is 0 Å². The largest absolute Gasteiger partial charge is 0.347 e. The Morgan fingerprint density at radius 3 is 2.50 bits per heavy atom. The molecule has 134 valence electrons. The summed E-state index contributed by atoms with van der Waals surface area (Å²) in [6.07, 6.45) is 3.50. The SMILES string of the molecule is Cc1cccc(Cn2c(C)c(C)c(C)c2C(=O)NCc2cccnc2)c1. The zero-order chi connectivity index (χ0) is 18.7. The summed E-state index contributed by atoms with van der Waals surface area (Å²) < 4.78 is 2.12. The molecule has 0 aliphatic carbocycles. The van der Waals surface area contributed by atoms with Crippen molar-refractivity contribution >= 4 is 5.91 Å². The van der Waals surface area contributed by atoms with Crippen molar-refractivity contribution in [2.75, 3.05) is 0 Å². The molecular formula is C22H25N3O. The minimum absolute atomic E-state index is 0.0461. The first-order chi connectivity index (χ1) is 12.5. The highest BCUT2D eigenvalue weighted by Crippen LogP contribution is 2.23. The Hall–Kier alpha value is -2.88. The van der Waals surface area contributed by atoms with Crippen LogP contribution >= 0.6 is 0 Å². The standard InChI is InChI=1S/C22H25N3O/c1-15-7-5-8-19(11-15)14-25-18(4)16(2)17(3)21(25)22(26)24-13-20-9-6-10-23-12-20/h5-12H,13-14H2,1-4H3,(H,24,26). The molecule has 2 heterocycles. The molecule has 4 heteroatoms. The van der Waals surface area contributed by atoms with Gasteiger partial charge in [0.05, 0.1) is 0 Å². The molecule has 3 aromatic rings. The van der Waals surface area contributed by atoms with E-state index in [2.05, 4.69) is 59.9 Å². The van der Waals surface area contributed by atoms with E-state index in [1.165, 1.54) is 16.7 Å². The van der Waals surface area contributed by atoms with Gasteiger partial charge < -0.3 is 9.88 Å². The normalized spacial score (nSPS) is 10.8. The van der Waals surface area contributed by atoms with Crippen LogP contribution < -0.4 is 5.32 Å². The van der Waals surface area contributed by atoms with Crippen molar-refractivity contribution in [2.45, 2.75) is 40.8 Å². The third-order valence-electron chi connectivity index (χ3n) is 4.95. The van der Waals surface area contributed by atoms with Crippen molar-refractivity contribution in [1.29, 1.82) is 0 Å². The average molecular weight is 347 g/mol. The number of aryl methyl sites for hydroxylation is 1. The average Bonchev–Trinajstić information content (AvgIpc) is 2.85. The first-order valence-corrected chi connectivity index (χ1v) is 8.86. The number of nitrogens with one attached hydrogen (secondary N) is 1. The van der Waals surface area contributed by atoms with Crippen molar-refractivity contribution in [3.8, 4) is 0 Å². The molecule has 0 aliphatic rings. The van der Waals surface area contributed by atoms with Crippen LogP contribution in [0.2, 0.25) is 0 Å². The van der Waals surface area contributed by atoms with Crippen LogP contribution in [0.1, 0.15) is 44.0 Å². The van der Waals surface area contributed by atoms with Crippen LogP contribution in [0.15, 0.2) is 48.8 Å². The topological polar surface area (TPSA) is 46.9 Å². The molecule has 1 N–H and O–H groups in total. The van der Waals surface area contributed by atoms with Gasteiger partial charge in [-0.2, -0.15) is 0 Å². The van der Waals surface area contributed by atoms with E-state index in [-0.39, 0.29) is 5.91 Å². The molecule has 1 aromatic carbocycles. The molecule has 0 unspecified atom stereocenters. The van der Waals surface area contributed by atoms with Crippen molar-refractivity contribution in [3.05, 3.63) is 88.0 Å². The maximum Gasteiger partial charge on any atom is 0.268 e. The van der Waals surface area contributed by atoms with Gasteiger partial charge >= 0.3 is 0 Å². The van der Waals surface area contributed by atoms with E-state index in [0.717, 1.165) is 22.5 Å². The van der Waals surface area contributed by atoms with Gasteiger partial charge in [0.25, 0.3) is 5.91 Å². The van der Waals surface area contributed by atoms with E-state index in [9.17, 15) is 4.79 Å². The Morgan fingerprint density at radius 2 is 1.81 bits per heavy atom. The molecule has 26 heavy (non-hydrogen) atoms. The van der Waals surface area contributed by atoms with Crippen LogP contribution in [0.3, 0.4) is 0 Å². The minimum atomic E-state index is -0.0461. The van der Waals surface area contributed by atoms with Gasteiger partial charge in [0.15, 0.2) is 0 Å². The number of benzene rings is 1. The van der Waals surface area contributed by atoms with Gasteiger partial charge in [0.2, 0.25) is 0 Å². The second-order valence-corrected chi connectivity index (χ2v) is 6.80. The minimum Gasteiger partial charge on any atom is -0.347 e. The van der Waals surface area contributed by atoms with E-state index >= 15 is 0 Å².